The van der Waals surface area contributed by atoms with E-state index in [2.05, 4.69) is 6.92 Å². The fourth-order valence-electron chi connectivity index (χ4n) is 3.89. The van der Waals surface area contributed by atoms with Gasteiger partial charge in [-0.05, 0) is 6.42 Å². The van der Waals surface area contributed by atoms with E-state index >= 15 is 0 Å². The summed E-state index contributed by atoms with van der Waals surface area (Å²) in [6.45, 7) is 4.33. The second-order valence-electron chi connectivity index (χ2n) is 11.2. The third-order valence-electron chi connectivity index (χ3n) is 6.25. The highest BCUT2D eigenvalue weighted by Crippen LogP contribution is 2.38. The maximum Gasteiger partial charge on any atom is 0.302 e. The lowest BCUT2D eigenvalue weighted by Crippen LogP contribution is -2.37. The first-order chi connectivity index (χ1) is 17.6. The number of carbonyl (C=O) groups is 1. The van der Waals surface area contributed by atoms with Crippen molar-refractivity contribution in [1.29, 1.82) is 0 Å². The SMILES string of the molecule is CCCCCCCCCCCCCCCCCCO[C@H](COC(C)=O)COP(=O)([O-])OCC[N+](C)(C)C. The minimum atomic E-state index is -4.44. The van der Waals surface area contributed by atoms with Gasteiger partial charge in [0, 0.05) is 13.5 Å². The second-order valence-corrected chi connectivity index (χ2v) is 12.6. The van der Waals surface area contributed by atoms with Gasteiger partial charge in [0.25, 0.3) is 7.82 Å². The van der Waals surface area contributed by atoms with Crippen molar-refractivity contribution in [3.63, 3.8) is 0 Å². The molecule has 0 amide bonds. The van der Waals surface area contributed by atoms with E-state index in [9.17, 15) is 14.3 Å². The van der Waals surface area contributed by atoms with Crippen LogP contribution < -0.4 is 4.89 Å². The number of nitrogens with zero attached hydrogens (tertiary/aromatic N) is 1. The molecule has 9 heteroatoms. The second kappa shape index (κ2) is 23.4. The van der Waals surface area contributed by atoms with E-state index in [0.29, 0.717) is 17.6 Å². The molecule has 0 spiro atoms. The number of unbranched alkanes of at least 4 members (excludes halogenated alkanes) is 15. The zero-order valence-electron chi connectivity index (χ0n) is 24.7. The van der Waals surface area contributed by atoms with Crippen LogP contribution in [-0.2, 0) is 27.9 Å². The van der Waals surface area contributed by atoms with Crippen LogP contribution >= 0.6 is 7.82 Å². The number of hydrogen-bond acceptors (Lipinski definition) is 7. The van der Waals surface area contributed by atoms with Crippen LogP contribution in [0.2, 0.25) is 0 Å². The number of phosphoric acid groups is 1. The van der Waals surface area contributed by atoms with E-state index in [1.165, 1.54) is 96.8 Å². The van der Waals surface area contributed by atoms with E-state index in [0.717, 1.165) is 12.8 Å². The molecule has 0 aromatic carbocycles. The summed E-state index contributed by atoms with van der Waals surface area (Å²) in [5, 5.41) is 0. The third-order valence-corrected chi connectivity index (χ3v) is 7.22. The first-order valence-electron chi connectivity index (χ1n) is 14.7. The van der Waals surface area contributed by atoms with Gasteiger partial charge in [-0.2, -0.15) is 0 Å². The van der Waals surface area contributed by atoms with Crippen molar-refractivity contribution in [2.45, 2.75) is 123 Å². The highest BCUT2D eigenvalue weighted by molar-refractivity contribution is 7.45. The summed E-state index contributed by atoms with van der Waals surface area (Å²) in [4.78, 5) is 23.2. The van der Waals surface area contributed by atoms with Gasteiger partial charge >= 0.3 is 5.97 Å². The summed E-state index contributed by atoms with van der Waals surface area (Å²) in [5.41, 5.74) is 0. The first-order valence-corrected chi connectivity index (χ1v) is 16.2. The zero-order chi connectivity index (χ0) is 27.8. The van der Waals surface area contributed by atoms with Gasteiger partial charge in [-0.1, -0.05) is 103 Å². The minimum Gasteiger partial charge on any atom is -0.756 e. The van der Waals surface area contributed by atoms with Gasteiger partial charge in [0.15, 0.2) is 0 Å². The Morgan fingerprint density at radius 3 is 1.62 bits per heavy atom. The summed E-state index contributed by atoms with van der Waals surface area (Å²) in [6, 6.07) is 0. The van der Waals surface area contributed by atoms with Gasteiger partial charge < -0.3 is 27.9 Å². The Morgan fingerprint density at radius 2 is 1.19 bits per heavy atom. The molecule has 0 fully saturated rings. The minimum absolute atomic E-state index is 0.0406. The Balaban J connectivity index is 3.82. The molecule has 222 valence electrons. The van der Waals surface area contributed by atoms with Crippen LogP contribution in [-0.4, -0.2) is 70.7 Å². The predicted molar refractivity (Wildman–Crippen MR) is 148 cm³/mol. The average Bonchev–Trinajstić information content (AvgIpc) is 2.81. The molecule has 0 aromatic heterocycles. The zero-order valence-corrected chi connectivity index (χ0v) is 25.6. The molecule has 0 saturated heterocycles. The van der Waals surface area contributed by atoms with Crippen LogP contribution in [0, 0.1) is 0 Å². The molecule has 0 heterocycles. The highest BCUT2D eigenvalue weighted by Gasteiger charge is 2.18. The Hall–Kier alpha value is -0.500. The van der Waals surface area contributed by atoms with E-state index in [-0.39, 0.29) is 19.8 Å². The molecule has 0 rings (SSSR count). The molecular weight excluding hydrogens is 493 g/mol. The fraction of sp³-hybridized carbons (Fsp3) is 0.964. The molecule has 0 radical (unpaired) electrons. The number of rotatable bonds is 27. The van der Waals surface area contributed by atoms with Crippen LogP contribution in [0.1, 0.15) is 117 Å². The molecule has 0 bridgehead atoms. The van der Waals surface area contributed by atoms with E-state index in [4.69, 9.17) is 18.5 Å². The van der Waals surface area contributed by atoms with Crippen LogP contribution in [0.25, 0.3) is 0 Å². The average molecular weight is 552 g/mol. The maximum absolute atomic E-state index is 12.0. The van der Waals surface area contributed by atoms with Crippen molar-refractivity contribution >= 4 is 13.8 Å². The topological polar surface area (TPSA) is 94.1 Å². The Kier molecular flexibility index (Phi) is 23.1. The molecular formula is C28H58NO7P. The fourth-order valence-corrected chi connectivity index (χ4v) is 4.62. The Morgan fingerprint density at radius 1 is 0.730 bits per heavy atom. The molecule has 0 aromatic rings. The van der Waals surface area contributed by atoms with E-state index < -0.39 is 19.9 Å². The monoisotopic (exact) mass is 551 g/mol. The summed E-state index contributed by atoms with van der Waals surface area (Å²) >= 11 is 0. The lowest BCUT2D eigenvalue weighted by atomic mass is 10.0. The molecule has 0 aliphatic heterocycles. The molecule has 37 heavy (non-hydrogen) atoms. The maximum atomic E-state index is 12.0. The summed E-state index contributed by atoms with van der Waals surface area (Å²) in [5.74, 6) is -0.444. The van der Waals surface area contributed by atoms with Gasteiger partial charge in [0.2, 0.25) is 0 Å². The lowest BCUT2D eigenvalue weighted by Gasteiger charge is -2.28. The van der Waals surface area contributed by atoms with Crippen LogP contribution in [0.3, 0.4) is 0 Å². The van der Waals surface area contributed by atoms with Crippen LogP contribution in [0.5, 0.6) is 0 Å². The van der Waals surface area contributed by atoms with Crippen LogP contribution in [0.4, 0.5) is 0 Å². The summed E-state index contributed by atoms with van der Waals surface area (Å²) in [6.07, 6.45) is 20.1. The largest absolute Gasteiger partial charge is 0.756 e. The van der Waals surface area contributed by atoms with Crippen molar-refractivity contribution < 1.29 is 37.3 Å². The van der Waals surface area contributed by atoms with Gasteiger partial charge in [-0.3, -0.25) is 9.36 Å². The molecule has 0 N–H and O–H groups in total. The van der Waals surface area contributed by atoms with E-state index in [1.54, 1.807) is 0 Å². The van der Waals surface area contributed by atoms with E-state index in [1.807, 2.05) is 21.1 Å². The Labute approximate surface area is 228 Å². The summed E-state index contributed by atoms with van der Waals surface area (Å²) < 4.78 is 33.2. The van der Waals surface area contributed by atoms with Crippen molar-refractivity contribution in [2.24, 2.45) is 0 Å². The van der Waals surface area contributed by atoms with Gasteiger partial charge in [0.05, 0.1) is 27.7 Å². The molecule has 0 aliphatic rings. The number of quaternary nitrogens is 1. The quantitative estimate of drug-likeness (QED) is 0.0504. The Bertz CT molecular complexity index is 583. The van der Waals surface area contributed by atoms with Gasteiger partial charge in [0.1, 0.15) is 25.9 Å². The number of esters is 1. The molecule has 8 nitrogen and oxygen atoms in total. The first kappa shape index (κ1) is 36.5. The summed E-state index contributed by atoms with van der Waals surface area (Å²) in [7, 11) is 1.40. The molecule has 2 atom stereocenters. The van der Waals surface area contributed by atoms with Crippen LogP contribution in [0.15, 0.2) is 0 Å². The predicted octanol–water partition coefficient (Wildman–Crippen LogP) is 6.40. The van der Waals surface area contributed by atoms with Crippen molar-refractivity contribution in [3.05, 3.63) is 0 Å². The number of likely N-dealkylation sites (N-methyl/N-ethyl adjacent to an activating group) is 1. The highest BCUT2D eigenvalue weighted by atomic mass is 31.2. The van der Waals surface area contributed by atoms with Gasteiger partial charge in [-0.25, -0.2) is 0 Å². The molecule has 1 unspecified atom stereocenters. The standard InChI is InChI=1S/C28H58NO7P/c1-6-7-8-9-10-11-12-13-14-15-16-17-18-19-20-21-23-33-28(25-34-27(2)30)26-36-37(31,32)35-24-22-29(3,4)5/h28H,6-26H2,1-5H3/t28-/m1/s1. The number of phosphoric ester groups is 1. The number of hydrogen-bond donors (Lipinski definition) is 0. The number of ether oxygens (including phenoxy) is 2. The van der Waals surface area contributed by atoms with Gasteiger partial charge in [-0.15, -0.1) is 0 Å². The van der Waals surface area contributed by atoms with Crippen molar-refractivity contribution in [3.8, 4) is 0 Å². The molecule has 0 saturated carbocycles. The number of carbonyl (C=O) groups excluding carboxylic acids is 1. The smallest absolute Gasteiger partial charge is 0.302 e. The normalized spacial score (nSPS) is 14.4. The lowest BCUT2D eigenvalue weighted by molar-refractivity contribution is -0.870. The molecule has 0 aliphatic carbocycles. The van der Waals surface area contributed by atoms with Crippen molar-refractivity contribution in [2.75, 3.05) is 54.1 Å². The van der Waals surface area contributed by atoms with Crippen molar-refractivity contribution in [1.82, 2.24) is 0 Å². The third kappa shape index (κ3) is 28.3.